The van der Waals surface area contributed by atoms with Gasteiger partial charge in [-0.05, 0) is 51.3 Å². The first-order chi connectivity index (χ1) is 13.8. The molecule has 0 spiro atoms. The molecule has 0 bridgehead atoms. The smallest absolute Gasteiger partial charge is 0.271 e. The fourth-order valence-electron chi connectivity index (χ4n) is 3.61. The topological polar surface area (TPSA) is 98.3 Å². The summed E-state index contributed by atoms with van der Waals surface area (Å²) in [5, 5.41) is 8.33. The summed E-state index contributed by atoms with van der Waals surface area (Å²) in [6.45, 7) is 6.31. The van der Waals surface area contributed by atoms with E-state index in [1.807, 2.05) is 6.07 Å². The largest absolute Gasteiger partial charge is 0.359 e. The third-order valence-electron chi connectivity index (χ3n) is 5.17. The van der Waals surface area contributed by atoms with Crippen LogP contribution in [0.15, 0.2) is 44.5 Å². The summed E-state index contributed by atoms with van der Waals surface area (Å²) >= 11 is 0. The Bertz CT molecular complexity index is 1220. The number of hydrogen-bond acceptors (Lipinski definition) is 6. The maximum atomic E-state index is 13.1. The zero-order valence-corrected chi connectivity index (χ0v) is 17.4. The van der Waals surface area contributed by atoms with Gasteiger partial charge in [-0.2, -0.15) is 14.1 Å². The van der Waals surface area contributed by atoms with E-state index < -0.39 is 10.0 Å². The van der Waals surface area contributed by atoms with E-state index in [2.05, 4.69) is 10.3 Å². The van der Waals surface area contributed by atoms with Crippen molar-refractivity contribution in [3.05, 3.63) is 57.7 Å². The lowest BCUT2D eigenvalue weighted by Crippen LogP contribution is -2.28. The molecule has 1 aromatic carbocycles. The fraction of sp³-hybridized carbons (Fsp3) is 0.350. The SMILES string of the molecule is Cc1ccc(-c2ccc(=O)n(-c3c(C)noc3C)n2)cc1S(=O)(=O)N1CCCC1. The molecule has 3 heterocycles. The summed E-state index contributed by atoms with van der Waals surface area (Å²) in [4.78, 5) is 12.7. The zero-order chi connectivity index (χ0) is 20.8. The number of aryl methyl sites for hydroxylation is 3. The van der Waals surface area contributed by atoms with Gasteiger partial charge in [0.05, 0.1) is 10.6 Å². The van der Waals surface area contributed by atoms with Crippen LogP contribution in [0.2, 0.25) is 0 Å². The summed E-state index contributed by atoms with van der Waals surface area (Å²) in [6.07, 6.45) is 1.75. The van der Waals surface area contributed by atoms with Gasteiger partial charge in [0.1, 0.15) is 11.4 Å². The second-order valence-electron chi connectivity index (χ2n) is 7.23. The second kappa shape index (κ2) is 7.23. The molecule has 9 heteroatoms. The van der Waals surface area contributed by atoms with Gasteiger partial charge in [0.2, 0.25) is 10.0 Å². The molecule has 0 saturated carbocycles. The van der Waals surface area contributed by atoms with Crippen LogP contribution in [-0.4, -0.2) is 40.7 Å². The number of sulfonamides is 1. The maximum Gasteiger partial charge on any atom is 0.271 e. The Hall–Kier alpha value is -2.78. The molecule has 0 aliphatic carbocycles. The van der Waals surface area contributed by atoms with Crippen LogP contribution in [0.4, 0.5) is 0 Å². The van der Waals surface area contributed by atoms with Crippen molar-refractivity contribution in [3.8, 4) is 16.9 Å². The van der Waals surface area contributed by atoms with Crippen LogP contribution >= 0.6 is 0 Å². The normalized spacial score (nSPS) is 15.1. The van der Waals surface area contributed by atoms with Crippen molar-refractivity contribution in [1.29, 1.82) is 0 Å². The number of rotatable bonds is 4. The van der Waals surface area contributed by atoms with Gasteiger partial charge in [0.15, 0.2) is 5.76 Å². The van der Waals surface area contributed by atoms with Crippen molar-refractivity contribution >= 4 is 10.0 Å². The fourth-order valence-corrected chi connectivity index (χ4v) is 5.38. The molecule has 152 valence electrons. The van der Waals surface area contributed by atoms with Gasteiger partial charge in [0.25, 0.3) is 5.56 Å². The molecule has 1 saturated heterocycles. The molecular weight excluding hydrogens is 392 g/mol. The van der Waals surface area contributed by atoms with Crippen LogP contribution in [0.25, 0.3) is 16.9 Å². The van der Waals surface area contributed by atoms with Gasteiger partial charge in [-0.25, -0.2) is 8.42 Å². The predicted molar refractivity (Wildman–Crippen MR) is 108 cm³/mol. The minimum absolute atomic E-state index is 0.272. The third kappa shape index (κ3) is 3.40. The highest BCUT2D eigenvalue weighted by molar-refractivity contribution is 7.89. The van der Waals surface area contributed by atoms with Crippen LogP contribution < -0.4 is 5.56 Å². The number of aromatic nitrogens is 3. The first-order valence-corrected chi connectivity index (χ1v) is 10.9. The molecule has 29 heavy (non-hydrogen) atoms. The van der Waals surface area contributed by atoms with E-state index >= 15 is 0 Å². The van der Waals surface area contributed by atoms with Gasteiger partial charge >= 0.3 is 0 Å². The molecule has 1 fully saturated rings. The minimum atomic E-state index is -3.56. The van der Waals surface area contributed by atoms with E-state index in [-0.39, 0.29) is 10.5 Å². The van der Waals surface area contributed by atoms with Gasteiger partial charge < -0.3 is 4.52 Å². The minimum Gasteiger partial charge on any atom is -0.359 e. The van der Waals surface area contributed by atoms with Crippen LogP contribution in [0.5, 0.6) is 0 Å². The molecule has 1 aliphatic rings. The number of nitrogens with zero attached hydrogens (tertiary/aromatic N) is 4. The highest BCUT2D eigenvalue weighted by Crippen LogP contribution is 2.28. The highest BCUT2D eigenvalue weighted by atomic mass is 32.2. The highest BCUT2D eigenvalue weighted by Gasteiger charge is 2.29. The Morgan fingerprint density at radius 3 is 2.41 bits per heavy atom. The third-order valence-corrected chi connectivity index (χ3v) is 7.22. The molecule has 3 aromatic rings. The first kappa shape index (κ1) is 19.5. The Morgan fingerprint density at radius 1 is 1.03 bits per heavy atom. The molecule has 0 radical (unpaired) electrons. The van der Waals surface area contributed by atoms with E-state index in [1.54, 1.807) is 39.0 Å². The average molecular weight is 414 g/mol. The molecular formula is C20H22N4O4S. The quantitative estimate of drug-likeness (QED) is 0.651. The van der Waals surface area contributed by atoms with Gasteiger partial charge in [-0.1, -0.05) is 17.3 Å². The van der Waals surface area contributed by atoms with Crippen LogP contribution in [-0.2, 0) is 10.0 Å². The van der Waals surface area contributed by atoms with E-state index in [9.17, 15) is 13.2 Å². The maximum absolute atomic E-state index is 13.1. The Balaban J connectivity index is 1.83. The molecule has 2 aromatic heterocycles. The van der Waals surface area contributed by atoms with Crippen molar-refractivity contribution in [1.82, 2.24) is 19.2 Å². The number of hydrogen-bond donors (Lipinski definition) is 0. The summed E-state index contributed by atoms with van der Waals surface area (Å²) < 4.78 is 34.0. The zero-order valence-electron chi connectivity index (χ0n) is 16.5. The second-order valence-corrected chi connectivity index (χ2v) is 9.14. The van der Waals surface area contributed by atoms with Crippen LogP contribution in [0.3, 0.4) is 0 Å². The lowest BCUT2D eigenvalue weighted by atomic mass is 10.1. The first-order valence-electron chi connectivity index (χ1n) is 9.44. The molecule has 0 unspecified atom stereocenters. The van der Waals surface area contributed by atoms with Crippen molar-refractivity contribution in [2.45, 2.75) is 38.5 Å². The average Bonchev–Trinajstić information content (AvgIpc) is 3.34. The van der Waals surface area contributed by atoms with Crippen LogP contribution in [0, 0.1) is 20.8 Å². The summed E-state index contributed by atoms with van der Waals surface area (Å²) in [5.74, 6) is 0.482. The van der Waals surface area contributed by atoms with Crippen molar-refractivity contribution in [3.63, 3.8) is 0 Å². The standard InChI is InChI=1S/C20H22N4O4S/c1-13-6-7-16(12-18(13)29(26,27)23-10-4-5-11-23)17-8-9-19(25)24(21-17)20-14(2)22-28-15(20)3/h6-9,12H,4-5,10-11H2,1-3H3. The monoisotopic (exact) mass is 414 g/mol. The van der Waals surface area contributed by atoms with Crippen molar-refractivity contribution in [2.75, 3.05) is 13.1 Å². The predicted octanol–water partition coefficient (Wildman–Crippen LogP) is 2.60. The molecule has 4 rings (SSSR count). The number of benzene rings is 1. The van der Waals surface area contributed by atoms with Gasteiger partial charge in [-0.3, -0.25) is 4.79 Å². The Labute approximate surface area is 168 Å². The molecule has 8 nitrogen and oxygen atoms in total. The Kier molecular flexibility index (Phi) is 4.87. The summed E-state index contributed by atoms with van der Waals surface area (Å²) in [6, 6.07) is 8.21. The van der Waals surface area contributed by atoms with E-state index in [1.165, 1.54) is 15.1 Å². The van der Waals surface area contributed by atoms with E-state index in [0.717, 1.165) is 12.8 Å². The summed E-state index contributed by atoms with van der Waals surface area (Å²) in [5.41, 5.74) is 2.51. The van der Waals surface area contributed by atoms with Crippen molar-refractivity contribution in [2.24, 2.45) is 0 Å². The molecule has 1 aliphatic heterocycles. The summed E-state index contributed by atoms with van der Waals surface area (Å²) in [7, 11) is -3.56. The van der Waals surface area contributed by atoms with Gasteiger partial charge in [-0.15, -0.1) is 0 Å². The van der Waals surface area contributed by atoms with Gasteiger partial charge in [0, 0.05) is 24.7 Å². The lowest BCUT2D eigenvalue weighted by molar-refractivity contribution is 0.392. The molecule has 0 atom stereocenters. The van der Waals surface area contributed by atoms with Crippen molar-refractivity contribution < 1.29 is 12.9 Å². The van der Waals surface area contributed by atoms with E-state index in [0.29, 0.717) is 47.1 Å². The Morgan fingerprint density at radius 2 is 1.76 bits per heavy atom. The van der Waals surface area contributed by atoms with Crippen LogP contribution in [0.1, 0.15) is 29.9 Å². The molecule has 0 amide bonds. The van der Waals surface area contributed by atoms with E-state index in [4.69, 9.17) is 4.52 Å². The lowest BCUT2D eigenvalue weighted by Gasteiger charge is -2.18. The molecule has 0 N–H and O–H groups in total.